The number of thiazole rings is 1. The van der Waals surface area contributed by atoms with Gasteiger partial charge in [0.1, 0.15) is 22.7 Å². The fourth-order valence-corrected chi connectivity index (χ4v) is 4.81. The van der Waals surface area contributed by atoms with Crippen LogP contribution in [0.1, 0.15) is 39.5 Å². The van der Waals surface area contributed by atoms with Gasteiger partial charge in [0.15, 0.2) is 10.0 Å². The second kappa shape index (κ2) is 9.64. The molecule has 174 valence electrons. The third-order valence-corrected chi connectivity index (χ3v) is 6.70. The lowest BCUT2D eigenvalue weighted by Crippen LogP contribution is -2.24. The molecule has 0 bridgehead atoms. The summed E-state index contributed by atoms with van der Waals surface area (Å²) < 4.78 is 8.14. The first-order valence-electron chi connectivity index (χ1n) is 10.0. The molecule has 12 nitrogen and oxygen atoms in total. The standard InChI is InChI=1S/C19H22N8O4S2/c1-8-12(9(2)23-7-22-8)24-16(29)13-17(30)25-19(32-13)26-18-11(15(28)27-33-18)14(20)21-6-10-4-3-5-31-10/h7,10,30H,3-6H2,1-2H3,(H2,20,21)(H,24,29)(H,25,26)(H,27,28). The van der Waals surface area contributed by atoms with Crippen LogP contribution < -0.4 is 21.9 Å². The first kappa shape index (κ1) is 22.8. The fourth-order valence-electron chi connectivity index (χ4n) is 3.25. The zero-order valence-electron chi connectivity index (χ0n) is 17.8. The summed E-state index contributed by atoms with van der Waals surface area (Å²) >= 11 is 1.94. The normalized spacial score (nSPS) is 16.2. The van der Waals surface area contributed by atoms with Gasteiger partial charge in [-0.05, 0) is 38.2 Å². The number of aryl methyl sites for hydroxylation is 2. The molecule has 0 saturated carbocycles. The van der Waals surface area contributed by atoms with E-state index >= 15 is 0 Å². The molecule has 3 aromatic rings. The highest BCUT2D eigenvalue weighted by atomic mass is 32.1. The lowest BCUT2D eigenvalue weighted by molar-refractivity contribution is 0.102. The van der Waals surface area contributed by atoms with Gasteiger partial charge >= 0.3 is 0 Å². The number of anilines is 3. The molecule has 1 atom stereocenters. The van der Waals surface area contributed by atoms with Crippen molar-refractivity contribution < 1.29 is 14.6 Å². The zero-order valence-corrected chi connectivity index (χ0v) is 19.5. The van der Waals surface area contributed by atoms with E-state index in [9.17, 15) is 14.7 Å². The van der Waals surface area contributed by atoms with Crippen molar-refractivity contribution in [2.45, 2.75) is 32.8 Å². The summed E-state index contributed by atoms with van der Waals surface area (Å²) in [5.74, 6) is -0.931. The zero-order chi connectivity index (χ0) is 23.5. The average molecular weight is 491 g/mol. The monoisotopic (exact) mass is 490 g/mol. The maximum atomic E-state index is 12.7. The van der Waals surface area contributed by atoms with Crippen LogP contribution in [0.25, 0.3) is 0 Å². The number of amidine groups is 1. The first-order valence-corrected chi connectivity index (χ1v) is 11.7. The number of hydrogen-bond acceptors (Lipinski definition) is 11. The van der Waals surface area contributed by atoms with Crippen LogP contribution in [0, 0.1) is 13.8 Å². The van der Waals surface area contributed by atoms with E-state index in [-0.39, 0.29) is 27.5 Å². The van der Waals surface area contributed by atoms with Crippen molar-refractivity contribution >= 4 is 50.4 Å². The molecule has 1 amide bonds. The molecule has 1 unspecified atom stereocenters. The van der Waals surface area contributed by atoms with E-state index in [4.69, 9.17) is 10.5 Å². The number of carbonyl (C=O) groups excluding carboxylic acids is 1. The minimum Gasteiger partial charge on any atom is -0.492 e. The molecule has 0 radical (unpaired) electrons. The quantitative estimate of drug-likeness (QED) is 0.244. The Hall–Kier alpha value is -3.36. The molecule has 4 rings (SSSR count). The molecule has 0 aromatic carbocycles. The first-order chi connectivity index (χ1) is 15.8. The van der Waals surface area contributed by atoms with E-state index in [1.54, 1.807) is 13.8 Å². The van der Waals surface area contributed by atoms with Gasteiger partial charge in [0.25, 0.3) is 11.5 Å². The predicted octanol–water partition coefficient (Wildman–Crippen LogP) is 1.89. The topological polar surface area (TPSA) is 180 Å². The highest BCUT2D eigenvalue weighted by Gasteiger charge is 2.22. The highest BCUT2D eigenvalue weighted by Crippen LogP contribution is 2.32. The number of aromatic nitrogens is 4. The van der Waals surface area contributed by atoms with E-state index in [1.807, 2.05) is 0 Å². The van der Waals surface area contributed by atoms with Gasteiger partial charge < -0.3 is 26.2 Å². The number of nitrogens with two attached hydrogens (primary N) is 1. The van der Waals surface area contributed by atoms with Crippen molar-refractivity contribution in [1.29, 1.82) is 0 Å². The molecular weight excluding hydrogens is 468 g/mol. The smallest absolute Gasteiger partial charge is 0.271 e. The molecule has 0 aliphatic carbocycles. The summed E-state index contributed by atoms with van der Waals surface area (Å²) in [5.41, 5.74) is 7.50. The van der Waals surface area contributed by atoms with Crippen LogP contribution in [0.3, 0.4) is 0 Å². The maximum Gasteiger partial charge on any atom is 0.271 e. The maximum absolute atomic E-state index is 12.7. The molecule has 14 heteroatoms. The van der Waals surface area contributed by atoms with Gasteiger partial charge in [0.05, 0.1) is 29.7 Å². The van der Waals surface area contributed by atoms with Crippen LogP contribution in [0.4, 0.5) is 15.8 Å². The SMILES string of the molecule is Cc1ncnc(C)c1NC(=O)c1sc(Nc2s[nH]c(=O)c2C(N)=NCC2CCCO2)nc1O. The molecule has 1 aliphatic rings. The van der Waals surface area contributed by atoms with Crippen LogP contribution >= 0.6 is 22.9 Å². The Bertz CT molecular complexity index is 1240. The summed E-state index contributed by atoms with van der Waals surface area (Å²) in [7, 11) is 0. The van der Waals surface area contributed by atoms with Gasteiger partial charge in [0, 0.05) is 6.61 Å². The van der Waals surface area contributed by atoms with Gasteiger partial charge in [-0.3, -0.25) is 19.0 Å². The number of amides is 1. The predicted molar refractivity (Wildman–Crippen MR) is 126 cm³/mol. The van der Waals surface area contributed by atoms with Gasteiger partial charge in [-0.2, -0.15) is 4.98 Å². The highest BCUT2D eigenvalue weighted by molar-refractivity contribution is 7.18. The summed E-state index contributed by atoms with van der Waals surface area (Å²) in [6.07, 6.45) is 3.28. The van der Waals surface area contributed by atoms with Gasteiger partial charge in [0.2, 0.25) is 5.88 Å². The molecule has 1 aliphatic heterocycles. The number of H-pyrrole nitrogens is 1. The van der Waals surface area contributed by atoms with Gasteiger partial charge in [-0.25, -0.2) is 9.97 Å². The second-order valence-corrected chi connectivity index (χ2v) is 9.08. The number of hydrogen-bond donors (Lipinski definition) is 5. The van der Waals surface area contributed by atoms with Gasteiger partial charge in [-0.1, -0.05) is 11.3 Å². The largest absolute Gasteiger partial charge is 0.492 e. The van der Waals surface area contributed by atoms with E-state index in [0.29, 0.717) is 35.2 Å². The molecule has 1 fully saturated rings. The number of nitrogens with zero attached hydrogens (tertiary/aromatic N) is 4. The Morgan fingerprint density at radius 3 is 2.85 bits per heavy atom. The summed E-state index contributed by atoms with van der Waals surface area (Å²) in [6.45, 7) is 4.55. The van der Waals surface area contributed by atoms with Crippen molar-refractivity contribution in [3.8, 4) is 5.88 Å². The molecule has 6 N–H and O–H groups in total. The molecule has 0 spiro atoms. The van der Waals surface area contributed by atoms with Crippen LogP contribution in [0.5, 0.6) is 5.88 Å². The molecular formula is C19H22N8O4S2. The summed E-state index contributed by atoms with van der Waals surface area (Å²) in [6, 6.07) is 0. The minimum atomic E-state index is -0.556. The summed E-state index contributed by atoms with van der Waals surface area (Å²) in [4.78, 5) is 41.4. The second-order valence-electron chi connectivity index (χ2n) is 7.27. The van der Waals surface area contributed by atoms with Crippen molar-refractivity contribution in [1.82, 2.24) is 19.3 Å². The van der Waals surface area contributed by atoms with Crippen molar-refractivity contribution in [2.24, 2.45) is 10.7 Å². The Morgan fingerprint density at radius 1 is 1.39 bits per heavy atom. The number of carbonyl (C=O) groups is 1. The Morgan fingerprint density at radius 2 is 2.15 bits per heavy atom. The van der Waals surface area contributed by atoms with Crippen molar-refractivity contribution in [3.63, 3.8) is 0 Å². The number of aromatic amines is 1. The number of nitrogens with one attached hydrogen (secondary N) is 3. The fraction of sp³-hybridized carbons (Fsp3) is 0.368. The minimum absolute atomic E-state index is 0.00283. The number of aromatic hydroxyl groups is 1. The van der Waals surface area contributed by atoms with Crippen LogP contribution in [-0.2, 0) is 4.74 Å². The van der Waals surface area contributed by atoms with E-state index in [0.717, 1.165) is 35.7 Å². The van der Waals surface area contributed by atoms with Crippen LogP contribution in [0.15, 0.2) is 16.1 Å². The van der Waals surface area contributed by atoms with E-state index < -0.39 is 17.3 Å². The number of rotatable bonds is 7. The van der Waals surface area contributed by atoms with E-state index in [1.165, 1.54) is 6.33 Å². The molecule has 3 aromatic heterocycles. The van der Waals surface area contributed by atoms with Crippen molar-refractivity contribution in [3.05, 3.63) is 38.5 Å². The van der Waals surface area contributed by atoms with Crippen LogP contribution in [-0.4, -0.2) is 55.4 Å². The molecule has 4 heterocycles. The summed E-state index contributed by atoms with van der Waals surface area (Å²) in [5, 5.41) is 16.5. The Labute approximate surface area is 196 Å². The average Bonchev–Trinajstić information content (AvgIpc) is 3.50. The molecule has 33 heavy (non-hydrogen) atoms. The van der Waals surface area contributed by atoms with E-state index in [2.05, 4.69) is 35.0 Å². The third kappa shape index (κ3) is 5.02. The van der Waals surface area contributed by atoms with Crippen LogP contribution in [0.2, 0.25) is 0 Å². The lowest BCUT2D eigenvalue weighted by atomic mass is 10.2. The third-order valence-electron chi connectivity index (χ3n) is 4.95. The Kier molecular flexibility index (Phi) is 6.67. The number of aliphatic imine (C=N–C) groups is 1. The molecule has 1 saturated heterocycles. The Balaban J connectivity index is 1.52. The number of ether oxygens (including phenoxy) is 1. The lowest BCUT2D eigenvalue weighted by Gasteiger charge is -2.08. The van der Waals surface area contributed by atoms with Crippen molar-refractivity contribution in [2.75, 3.05) is 23.8 Å². The van der Waals surface area contributed by atoms with Gasteiger partial charge in [-0.15, -0.1) is 0 Å².